The number of thiophene rings is 1. The first-order valence-electron chi connectivity index (χ1n) is 6.66. The van der Waals surface area contributed by atoms with Crippen LogP contribution >= 0.6 is 23.6 Å². The van der Waals surface area contributed by atoms with Crippen LogP contribution in [0.25, 0.3) is 15.9 Å². The number of benzene rings is 1. The molecular weight excluding hydrogens is 304 g/mol. The molecule has 0 fully saturated rings. The molecule has 21 heavy (non-hydrogen) atoms. The first kappa shape index (κ1) is 14.0. The third-order valence-corrected chi connectivity index (χ3v) is 4.20. The number of rotatable bonds is 4. The standard InChI is InChI=1S/C15H14N2O2S2/c1-2-8-19-11-5-3-10(4-6-11)17-14(18)12-7-9-21-13(12)16-15(17)20/h3-7,9H,2,8H2,1H3,(H,16,20). The predicted octanol–water partition coefficient (Wildman–Crippen LogP) is 3.90. The largest absolute Gasteiger partial charge is 0.494 e. The van der Waals surface area contributed by atoms with Crippen LogP contribution in [0.5, 0.6) is 5.75 Å². The van der Waals surface area contributed by atoms with Gasteiger partial charge in [-0.1, -0.05) is 6.92 Å². The Hall–Kier alpha value is -1.92. The quantitative estimate of drug-likeness (QED) is 0.742. The van der Waals surface area contributed by atoms with E-state index in [4.69, 9.17) is 17.0 Å². The van der Waals surface area contributed by atoms with Crippen molar-refractivity contribution in [3.63, 3.8) is 0 Å². The summed E-state index contributed by atoms with van der Waals surface area (Å²) in [5.74, 6) is 0.792. The molecule has 0 spiro atoms. The first-order valence-corrected chi connectivity index (χ1v) is 7.95. The Morgan fingerprint density at radius 1 is 1.29 bits per heavy atom. The Bertz CT molecular complexity index is 875. The molecule has 3 aromatic rings. The highest BCUT2D eigenvalue weighted by atomic mass is 32.1. The minimum absolute atomic E-state index is 0.0998. The smallest absolute Gasteiger partial charge is 0.267 e. The van der Waals surface area contributed by atoms with Crippen LogP contribution in [0.1, 0.15) is 13.3 Å². The van der Waals surface area contributed by atoms with E-state index >= 15 is 0 Å². The SMILES string of the molecule is CCCOc1ccc(-n2c(=S)[nH]c3sccc3c2=O)cc1. The van der Waals surface area contributed by atoms with Crippen LogP contribution in [0.3, 0.4) is 0 Å². The van der Waals surface area contributed by atoms with Crippen molar-refractivity contribution in [2.24, 2.45) is 0 Å². The van der Waals surface area contributed by atoms with Gasteiger partial charge in [0, 0.05) is 0 Å². The summed E-state index contributed by atoms with van der Waals surface area (Å²) in [7, 11) is 0. The van der Waals surface area contributed by atoms with Gasteiger partial charge in [-0.3, -0.25) is 9.36 Å². The van der Waals surface area contributed by atoms with Crippen molar-refractivity contribution in [3.05, 3.63) is 50.8 Å². The second-order valence-corrected chi connectivity index (χ2v) is 5.88. The van der Waals surface area contributed by atoms with Gasteiger partial charge in [0.2, 0.25) is 0 Å². The highest BCUT2D eigenvalue weighted by Crippen LogP contribution is 2.18. The Labute approximate surface area is 130 Å². The molecule has 0 saturated heterocycles. The summed E-state index contributed by atoms with van der Waals surface area (Å²) < 4.78 is 7.45. The van der Waals surface area contributed by atoms with Gasteiger partial charge in [0.25, 0.3) is 5.56 Å². The monoisotopic (exact) mass is 318 g/mol. The van der Waals surface area contributed by atoms with Crippen molar-refractivity contribution in [2.45, 2.75) is 13.3 Å². The van der Waals surface area contributed by atoms with Crippen molar-refractivity contribution in [1.29, 1.82) is 0 Å². The molecule has 0 aliphatic rings. The lowest BCUT2D eigenvalue weighted by Crippen LogP contribution is -2.19. The van der Waals surface area contributed by atoms with Gasteiger partial charge in [0.1, 0.15) is 10.6 Å². The van der Waals surface area contributed by atoms with Gasteiger partial charge in [-0.05, 0) is 54.4 Å². The van der Waals surface area contributed by atoms with Crippen LogP contribution in [0.4, 0.5) is 0 Å². The highest BCUT2D eigenvalue weighted by Gasteiger charge is 2.08. The summed E-state index contributed by atoms with van der Waals surface area (Å²) in [5, 5.41) is 2.53. The third kappa shape index (κ3) is 2.64. The van der Waals surface area contributed by atoms with Crippen LogP contribution < -0.4 is 10.3 Å². The summed E-state index contributed by atoms with van der Waals surface area (Å²) in [6, 6.07) is 9.19. The number of nitrogens with one attached hydrogen (secondary N) is 1. The second-order valence-electron chi connectivity index (χ2n) is 4.58. The van der Waals surface area contributed by atoms with Gasteiger partial charge in [-0.25, -0.2) is 0 Å². The first-order chi connectivity index (χ1) is 10.2. The number of fused-ring (bicyclic) bond motifs is 1. The van der Waals surface area contributed by atoms with Gasteiger partial charge in [0.15, 0.2) is 4.77 Å². The molecule has 0 atom stereocenters. The van der Waals surface area contributed by atoms with Gasteiger partial charge >= 0.3 is 0 Å². The number of hydrogen-bond donors (Lipinski definition) is 1. The van der Waals surface area contributed by atoms with E-state index in [1.54, 1.807) is 0 Å². The lowest BCUT2D eigenvalue weighted by atomic mass is 10.3. The van der Waals surface area contributed by atoms with E-state index in [9.17, 15) is 4.79 Å². The number of aromatic amines is 1. The molecule has 2 heterocycles. The van der Waals surface area contributed by atoms with E-state index in [2.05, 4.69) is 11.9 Å². The second kappa shape index (κ2) is 5.83. The molecule has 108 valence electrons. The molecule has 1 N–H and O–H groups in total. The Morgan fingerprint density at radius 2 is 2.05 bits per heavy atom. The van der Waals surface area contributed by atoms with Crippen molar-refractivity contribution < 1.29 is 4.74 Å². The molecule has 2 aromatic heterocycles. The minimum atomic E-state index is -0.0998. The lowest BCUT2D eigenvalue weighted by Gasteiger charge is -2.08. The van der Waals surface area contributed by atoms with Crippen LogP contribution in [-0.2, 0) is 0 Å². The fraction of sp³-hybridized carbons (Fsp3) is 0.200. The molecule has 6 heteroatoms. The van der Waals surface area contributed by atoms with Crippen LogP contribution in [0, 0.1) is 4.77 Å². The molecule has 0 saturated carbocycles. The fourth-order valence-electron chi connectivity index (χ4n) is 2.09. The van der Waals surface area contributed by atoms with Crippen LogP contribution in [-0.4, -0.2) is 16.2 Å². The lowest BCUT2D eigenvalue weighted by molar-refractivity contribution is 0.317. The Kier molecular flexibility index (Phi) is 3.90. The van der Waals surface area contributed by atoms with Crippen molar-refractivity contribution >= 4 is 33.8 Å². The fourth-order valence-corrected chi connectivity index (χ4v) is 3.22. The van der Waals surface area contributed by atoms with Gasteiger partial charge in [-0.2, -0.15) is 0 Å². The maximum Gasteiger partial charge on any atom is 0.267 e. The molecule has 0 bridgehead atoms. The van der Waals surface area contributed by atoms with E-state index in [0.29, 0.717) is 16.8 Å². The third-order valence-electron chi connectivity index (χ3n) is 3.09. The number of aromatic nitrogens is 2. The van der Waals surface area contributed by atoms with Crippen LogP contribution in [0.2, 0.25) is 0 Å². The number of ether oxygens (including phenoxy) is 1. The average molecular weight is 318 g/mol. The zero-order valence-electron chi connectivity index (χ0n) is 11.5. The molecule has 1 aromatic carbocycles. The van der Waals surface area contributed by atoms with Crippen molar-refractivity contribution in [2.75, 3.05) is 6.61 Å². The maximum atomic E-state index is 12.5. The molecule has 3 rings (SSSR count). The summed E-state index contributed by atoms with van der Waals surface area (Å²) >= 11 is 6.78. The molecular formula is C15H14N2O2S2. The summed E-state index contributed by atoms with van der Waals surface area (Å²) in [6.45, 7) is 2.74. The predicted molar refractivity (Wildman–Crippen MR) is 88.4 cm³/mol. The van der Waals surface area contributed by atoms with E-state index in [1.165, 1.54) is 15.9 Å². The summed E-state index contributed by atoms with van der Waals surface area (Å²) in [4.78, 5) is 16.4. The maximum absolute atomic E-state index is 12.5. The molecule has 0 unspecified atom stereocenters. The molecule has 0 aliphatic heterocycles. The zero-order chi connectivity index (χ0) is 14.8. The van der Waals surface area contributed by atoms with E-state index < -0.39 is 0 Å². The molecule has 4 nitrogen and oxygen atoms in total. The number of H-pyrrole nitrogens is 1. The number of nitrogens with zero attached hydrogens (tertiary/aromatic N) is 1. The topological polar surface area (TPSA) is 47.0 Å². The van der Waals surface area contributed by atoms with Crippen molar-refractivity contribution in [3.8, 4) is 11.4 Å². The van der Waals surface area contributed by atoms with E-state index in [1.807, 2.05) is 35.7 Å². The Balaban J connectivity index is 2.08. The molecule has 0 aliphatic carbocycles. The van der Waals surface area contributed by atoms with Crippen molar-refractivity contribution in [1.82, 2.24) is 9.55 Å². The molecule has 0 amide bonds. The number of hydrogen-bond acceptors (Lipinski definition) is 4. The minimum Gasteiger partial charge on any atom is -0.494 e. The van der Waals surface area contributed by atoms with Crippen LogP contribution in [0.15, 0.2) is 40.5 Å². The van der Waals surface area contributed by atoms with Gasteiger partial charge in [0.05, 0.1) is 17.7 Å². The summed E-state index contributed by atoms with van der Waals surface area (Å²) in [5.41, 5.74) is 0.635. The Morgan fingerprint density at radius 3 is 2.76 bits per heavy atom. The van der Waals surface area contributed by atoms with E-state index in [0.717, 1.165) is 22.7 Å². The zero-order valence-corrected chi connectivity index (χ0v) is 13.1. The highest BCUT2D eigenvalue weighted by molar-refractivity contribution is 7.71. The molecule has 0 radical (unpaired) electrons. The van der Waals surface area contributed by atoms with Gasteiger partial charge < -0.3 is 9.72 Å². The summed E-state index contributed by atoms with van der Waals surface area (Å²) in [6.07, 6.45) is 0.960. The normalized spacial score (nSPS) is 10.9. The van der Waals surface area contributed by atoms with Gasteiger partial charge in [-0.15, -0.1) is 11.3 Å². The van der Waals surface area contributed by atoms with E-state index in [-0.39, 0.29) is 5.56 Å². The average Bonchev–Trinajstić information content (AvgIpc) is 2.95.